The molecule has 0 saturated heterocycles. The van der Waals surface area contributed by atoms with Crippen LogP contribution in [-0.2, 0) is 11.2 Å². The third-order valence-electron chi connectivity index (χ3n) is 2.37. The summed E-state index contributed by atoms with van der Waals surface area (Å²) in [7, 11) is 0. The third kappa shape index (κ3) is 4.21. The first kappa shape index (κ1) is 13.2. The number of aryl methyl sites for hydroxylation is 1. The summed E-state index contributed by atoms with van der Waals surface area (Å²) in [6.45, 7) is 2.37. The van der Waals surface area contributed by atoms with Crippen molar-refractivity contribution >= 4 is 26.6 Å². The van der Waals surface area contributed by atoms with Gasteiger partial charge in [-0.3, -0.25) is 0 Å². The van der Waals surface area contributed by atoms with Gasteiger partial charge in [0, 0.05) is 0 Å². The molecule has 94 valence electrons. The van der Waals surface area contributed by atoms with Crippen LogP contribution in [0.5, 0.6) is 5.75 Å². The fourth-order valence-corrected chi connectivity index (χ4v) is 3.39. The first-order valence-corrected chi connectivity index (χ1v) is 8.19. The second-order valence-corrected chi connectivity index (χ2v) is 6.79. The number of hydrogen-bond acceptors (Lipinski definition) is 3. The van der Waals surface area contributed by atoms with E-state index in [4.69, 9.17) is 9.47 Å². The van der Waals surface area contributed by atoms with Gasteiger partial charge in [0.25, 0.3) is 0 Å². The van der Waals surface area contributed by atoms with Gasteiger partial charge in [0.05, 0.1) is 0 Å². The molecule has 1 aromatic heterocycles. The van der Waals surface area contributed by atoms with E-state index in [0.29, 0.717) is 12.4 Å². The van der Waals surface area contributed by atoms with Gasteiger partial charge in [0.1, 0.15) is 0 Å². The van der Waals surface area contributed by atoms with Gasteiger partial charge in [-0.25, -0.2) is 0 Å². The Balaban J connectivity index is 1.73. The van der Waals surface area contributed by atoms with Gasteiger partial charge in [-0.2, -0.15) is 0 Å². The zero-order valence-electron chi connectivity index (χ0n) is 10.1. The first-order chi connectivity index (χ1) is 8.74. The molecule has 0 N–H and O–H groups in total. The number of carbonyl (C=O) groups excluding carboxylic acids is 1. The van der Waals surface area contributed by atoms with Crippen LogP contribution in [0.2, 0.25) is 0 Å². The molecule has 0 spiro atoms. The molecule has 3 nitrogen and oxygen atoms in total. The molecule has 1 aromatic carbocycles. The van der Waals surface area contributed by atoms with Crippen LogP contribution in [0.3, 0.4) is 0 Å². The van der Waals surface area contributed by atoms with Crippen molar-refractivity contribution in [1.82, 2.24) is 0 Å². The molecule has 0 unspecified atom stereocenters. The fraction of sp³-hybridized carbons (Fsp3) is 0.214. The Morgan fingerprint density at radius 3 is 2.67 bits per heavy atom. The van der Waals surface area contributed by atoms with Gasteiger partial charge >= 0.3 is 116 Å². The van der Waals surface area contributed by atoms with E-state index in [1.807, 2.05) is 19.1 Å². The van der Waals surface area contributed by atoms with Crippen LogP contribution in [0.4, 0.5) is 4.79 Å². The van der Waals surface area contributed by atoms with E-state index in [1.54, 1.807) is 12.1 Å². The van der Waals surface area contributed by atoms with Gasteiger partial charge in [-0.15, -0.1) is 0 Å². The molecular weight excluding hydrogens is 344 g/mol. The van der Waals surface area contributed by atoms with Gasteiger partial charge < -0.3 is 0 Å². The molecule has 0 amide bonds. The Hall–Kier alpha value is -1.24. The summed E-state index contributed by atoms with van der Waals surface area (Å²) >= 11 is -0.127. The first-order valence-electron chi connectivity index (χ1n) is 5.68. The van der Waals surface area contributed by atoms with Crippen LogP contribution in [0.15, 0.2) is 40.5 Å². The number of carbonyl (C=O) groups is 1. The Bertz CT molecular complexity index is 488. The molecule has 0 saturated carbocycles. The second-order valence-electron chi connectivity index (χ2n) is 3.84. The monoisotopic (exact) mass is 360 g/mol. The Morgan fingerprint density at radius 1 is 1.22 bits per heavy atom. The SMILES string of the molecule is Cc1ccc(OC(=O)OCCc2ccc[te]2)cc1. The molecular formula is C14H14O3Te. The number of benzene rings is 1. The predicted molar refractivity (Wildman–Crippen MR) is 70.2 cm³/mol. The van der Waals surface area contributed by atoms with E-state index in [0.717, 1.165) is 12.0 Å². The second kappa shape index (κ2) is 6.63. The van der Waals surface area contributed by atoms with Crippen molar-refractivity contribution in [3.8, 4) is 5.75 Å². The van der Waals surface area contributed by atoms with E-state index >= 15 is 0 Å². The summed E-state index contributed by atoms with van der Waals surface area (Å²) in [6.07, 6.45) is 0.184. The summed E-state index contributed by atoms with van der Waals surface area (Å²) in [5.41, 5.74) is 1.13. The fourth-order valence-electron chi connectivity index (χ4n) is 1.42. The molecule has 0 atom stereocenters. The van der Waals surface area contributed by atoms with Crippen molar-refractivity contribution in [2.24, 2.45) is 0 Å². The molecule has 2 rings (SSSR count). The maximum absolute atomic E-state index is 11.4. The molecule has 1 heterocycles. The Morgan fingerprint density at radius 2 is 2.00 bits per heavy atom. The van der Waals surface area contributed by atoms with E-state index in [-0.39, 0.29) is 20.4 Å². The molecule has 0 aliphatic rings. The maximum atomic E-state index is 11.4. The summed E-state index contributed by atoms with van der Waals surface area (Å²) in [6, 6.07) is 11.5. The summed E-state index contributed by atoms with van der Waals surface area (Å²) in [5, 5.41) is 0. The van der Waals surface area contributed by atoms with E-state index < -0.39 is 6.16 Å². The third-order valence-corrected chi connectivity index (χ3v) is 5.04. The van der Waals surface area contributed by atoms with Crippen LogP contribution in [0.25, 0.3) is 0 Å². The molecule has 18 heavy (non-hydrogen) atoms. The zero-order valence-corrected chi connectivity index (χ0v) is 12.4. The van der Waals surface area contributed by atoms with Gasteiger partial charge in [0.15, 0.2) is 0 Å². The minimum atomic E-state index is -0.633. The van der Waals surface area contributed by atoms with E-state index in [2.05, 4.69) is 16.2 Å². The van der Waals surface area contributed by atoms with Crippen LogP contribution < -0.4 is 4.74 Å². The molecule has 0 aliphatic carbocycles. The molecule has 0 bridgehead atoms. The molecule has 0 radical (unpaired) electrons. The number of ether oxygens (including phenoxy) is 2. The van der Waals surface area contributed by atoms with Crippen molar-refractivity contribution < 1.29 is 14.3 Å². The van der Waals surface area contributed by atoms with Crippen molar-refractivity contribution in [3.63, 3.8) is 0 Å². The predicted octanol–water partition coefficient (Wildman–Crippen LogP) is 2.81. The van der Waals surface area contributed by atoms with E-state index in [1.165, 1.54) is 3.58 Å². The normalized spacial score (nSPS) is 10.1. The van der Waals surface area contributed by atoms with Crippen molar-refractivity contribution in [1.29, 1.82) is 0 Å². The Labute approximate surface area is 116 Å². The topological polar surface area (TPSA) is 35.5 Å². The summed E-state index contributed by atoms with van der Waals surface area (Å²) < 4.78 is 13.7. The number of hydrogen-bond donors (Lipinski definition) is 0. The quantitative estimate of drug-likeness (QED) is 0.479. The summed E-state index contributed by atoms with van der Waals surface area (Å²) in [5.74, 6) is 0.515. The van der Waals surface area contributed by atoms with Gasteiger partial charge in [0.2, 0.25) is 0 Å². The summed E-state index contributed by atoms with van der Waals surface area (Å²) in [4.78, 5) is 11.4. The zero-order chi connectivity index (χ0) is 12.8. The molecule has 2 aromatic rings. The molecule has 0 aliphatic heterocycles. The van der Waals surface area contributed by atoms with Crippen molar-refractivity contribution in [2.75, 3.05) is 6.61 Å². The van der Waals surface area contributed by atoms with Gasteiger partial charge in [-0.05, 0) is 0 Å². The standard InChI is InChI=1S/C14H14O3Te/c1-11-4-6-12(7-5-11)17-14(15)16-9-8-13-3-2-10-18-13/h2-7,10H,8-9H2,1H3. The average molecular weight is 358 g/mol. The minimum absolute atomic E-state index is 0.127. The Kier molecular flexibility index (Phi) is 4.86. The van der Waals surface area contributed by atoms with Gasteiger partial charge in [-0.1, -0.05) is 0 Å². The molecule has 4 heteroatoms. The van der Waals surface area contributed by atoms with Crippen LogP contribution in [0, 0.1) is 6.92 Å². The average Bonchev–Trinajstić information content (AvgIpc) is 2.85. The van der Waals surface area contributed by atoms with Crippen LogP contribution in [-0.4, -0.2) is 33.2 Å². The van der Waals surface area contributed by atoms with E-state index in [9.17, 15) is 4.79 Å². The van der Waals surface area contributed by atoms with Crippen molar-refractivity contribution in [3.05, 3.63) is 49.6 Å². The van der Waals surface area contributed by atoms with Crippen LogP contribution in [0.1, 0.15) is 9.14 Å². The van der Waals surface area contributed by atoms with Crippen LogP contribution >= 0.6 is 0 Å². The molecule has 0 fully saturated rings. The number of rotatable bonds is 4. The van der Waals surface area contributed by atoms with Crippen molar-refractivity contribution in [2.45, 2.75) is 13.3 Å².